The number of ether oxygens (including phenoxy) is 3. The molecular formula is C16H17FN2O4. The summed E-state index contributed by atoms with van der Waals surface area (Å²) >= 11 is 0. The molecule has 0 aromatic heterocycles. The standard InChI is InChI=1S/C16H17FN2O4/c1-9-11(5-6-12(20)15(9)17)19-18-10-7-13(21-2)16(23-4)14(8-10)22-3/h5-8,20H,1-4H3. The van der Waals surface area contributed by atoms with E-state index in [1.807, 2.05) is 0 Å². The highest BCUT2D eigenvalue weighted by Crippen LogP contribution is 2.41. The molecule has 0 radical (unpaired) electrons. The third-order valence-electron chi connectivity index (χ3n) is 3.26. The Hall–Kier alpha value is -2.83. The van der Waals surface area contributed by atoms with Gasteiger partial charge in [0.15, 0.2) is 23.1 Å². The van der Waals surface area contributed by atoms with E-state index < -0.39 is 11.6 Å². The van der Waals surface area contributed by atoms with Crippen molar-refractivity contribution in [2.45, 2.75) is 6.92 Å². The minimum atomic E-state index is -0.716. The van der Waals surface area contributed by atoms with Gasteiger partial charge in [-0.3, -0.25) is 0 Å². The fourth-order valence-electron chi connectivity index (χ4n) is 2.01. The number of benzene rings is 2. The molecule has 23 heavy (non-hydrogen) atoms. The number of phenolic OH excluding ortho intramolecular Hbond substituents is 1. The molecule has 0 unspecified atom stereocenters. The molecule has 0 saturated heterocycles. The van der Waals surface area contributed by atoms with Crippen LogP contribution in [0.15, 0.2) is 34.5 Å². The number of methoxy groups -OCH3 is 3. The van der Waals surface area contributed by atoms with Crippen LogP contribution < -0.4 is 14.2 Å². The summed E-state index contributed by atoms with van der Waals surface area (Å²) in [6, 6.07) is 5.95. The molecule has 0 bridgehead atoms. The molecule has 0 fully saturated rings. The summed E-state index contributed by atoms with van der Waals surface area (Å²) in [5, 5.41) is 17.4. The van der Waals surface area contributed by atoms with Gasteiger partial charge in [0.05, 0.1) is 32.7 Å². The smallest absolute Gasteiger partial charge is 0.203 e. The van der Waals surface area contributed by atoms with Crippen molar-refractivity contribution >= 4 is 11.4 Å². The largest absolute Gasteiger partial charge is 0.505 e. The summed E-state index contributed by atoms with van der Waals surface area (Å²) in [6.07, 6.45) is 0. The molecule has 2 rings (SSSR count). The lowest BCUT2D eigenvalue weighted by Crippen LogP contribution is -1.94. The van der Waals surface area contributed by atoms with Crippen molar-refractivity contribution in [3.8, 4) is 23.0 Å². The van der Waals surface area contributed by atoms with Crippen molar-refractivity contribution in [2.24, 2.45) is 10.2 Å². The predicted molar refractivity (Wildman–Crippen MR) is 83.1 cm³/mol. The predicted octanol–water partition coefficient (Wildman–Crippen LogP) is 4.28. The highest BCUT2D eigenvalue weighted by Gasteiger charge is 2.13. The van der Waals surface area contributed by atoms with Crippen LogP contribution in [-0.2, 0) is 0 Å². The van der Waals surface area contributed by atoms with Gasteiger partial charge in [0.25, 0.3) is 0 Å². The number of aromatic hydroxyl groups is 1. The SMILES string of the molecule is COc1cc(N=Nc2ccc(O)c(F)c2C)cc(OC)c1OC. The highest BCUT2D eigenvalue weighted by atomic mass is 19.1. The molecular weight excluding hydrogens is 303 g/mol. The number of rotatable bonds is 5. The summed E-state index contributed by atoms with van der Waals surface area (Å²) in [4.78, 5) is 0. The average Bonchev–Trinajstić information content (AvgIpc) is 2.57. The van der Waals surface area contributed by atoms with Crippen molar-refractivity contribution in [3.05, 3.63) is 35.6 Å². The Morgan fingerprint density at radius 2 is 1.57 bits per heavy atom. The first-order chi connectivity index (χ1) is 11.0. The van der Waals surface area contributed by atoms with Crippen LogP contribution in [0.25, 0.3) is 0 Å². The second-order valence-corrected chi connectivity index (χ2v) is 4.63. The Kier molecular flexibility index (Phi) is 5.00. The van der Waals surface area contributed by atoms with Gasteiger partial charge in [-0.25, -0.2) is 4.39 Å². The van der Waals surface area contributed by atoms with E-state index in [0.29, 0.717) is 28.6 Å². The van der Waals surface area contributed by atoms with E-state index in [9.17, 15) is 9.50 Å². The third kappa shape index (κ3) is 3.33. The second-order valence-electron chi connectivity index (χ2n) is 4.63. The van der Waals surface area contributed by atoms with Crippen LogP contribution in [0.4, 0.5) is 15.8 Å². The first-order valence-electron chi connectivity index (χ1n) is 6.71. The van der Waals surface area contributed by atoms with Crippen molar-refractivity contribution in [2.75, 3.05) is 21.3 Å². The van der Waals surface area contributed by atoms with Gasteiger partial charge in [0.1, 0.15) is 0 Å². The van der Waals surface area contributed by atoms with E-state index in [-0.39, 0.29) is 5.56 Å². The van der Waals surface area contributed by atoms with E-state index in [1.54, 1.807) is 12.1 Å². The normalized spacial score (nSPS) is 10.8. The molecule has 7 heteroatoms. The molecule has 0 spiro atoms. The number of hydrogen-bond acceptors (Lipinski definition) is 6. The van der Waals surface area contributed by atoms with Gasteiger partial charge in [0, 0.05) is 17.7 Å². The molecule has 6 nitrogen and oxygen atoms in total. The van der Waals surface area contributed by atoms with Crippen LogP contribution in [0, 0.1) is 12.7 Å². The Morgan fingerprint density at radius 1 is 0.957 bits per heavy atom. The van der Waals surface area contributed by atoms with Crippen molar-refractivity contribution in [3.63, 3.8) is 0 Å². The Bertz CT molecular complexity index is 722. The summed E-state index contributed by atoms with van der Waals surface area (Å²) in [7, 11) is 4.50. The van der Waals surface area contributed by atoms with Crippen LogP contribution >= 0.6 is 0 Å². The molecule has 0 heterocycles. The lowest BCUT2D eigenvalue weighted by atomic mass is 10.2. The number of phenols is 1. The van der Waals surface area contributed by atoms with Crippen molar-refractivity contribution in [1.82, 2.24) is 0 Å². The number of halogens is 1. The van der Waals surface area contributed by atoms with Crippen LogP contribution in [0.3, 0.4) is 0 Å². The quantitative estimate of drug-likeness (QED) is 0.835. The first kappa shape index (κ1) is 16.5. The maximum atomic E-state index is 13.6. The molecule has 0 aliphatic rings. The Morgan fingerprint density at radius 3 is 2.09 bits per heavy atom. The van der Waals surface area contributed by atoms with Crippen LogP contribution in [0.2, 0.25) is 0 Å². The van der Waals surface area contributed by atoms with Crippen LogP contribution in [0.5, 0.6) is 23.0 Å². The monoisotopic (exact) mass is 320 g/mol. The fourth-order valence-corrected chi connectivity index (χ4v) is 2.01. The second kappa shape index (κ2) is 6.95. The molecule has 0 atom stereocenters. The minimum absolute atomic E-state index is 0.209. The van der Waals surface area contributed by atoms with Crippen LogP contribution in [-0.4, -0.2) is 26.4 Å². The van der Waals surface area contributed by atoms with E-state index in [1.165, 1.54) is 40.4 Å². The summed E-state index contributed by atoms with van der Waals surface area (Å²) in [5.74, 6) is 0.185. The van der Waals surface area contributed by atoms with Gasteiger partial charge in [-0.15, -0.1) is 0 Å². The van der Waals surface area contributed by atoms with Gasteiger partial charge in [-0.1, -0.05) is 0 Å². The van der Waals surface area contributed by atoms with Gasteiger partial charge in [0.2, 0.25) is 5.75 Å². The van der Waals surface area contributed by atoms with Gasteiger partial charge >= 0.3 is 0 Å². The average molecular weight is 320 g/mol. The van der Waals surface area contributed by atoms with Gasteiger partial charge < -0.3 is 19.3 Å². The molecule has 1 N–H and O–H groups in total. The summed E-state index contributed by atoms with van der Waals surface area (Å²) in [6.45, 7) is 1.51. The molecule has 2 aromatic carbocycles. The van der Waals surface area contributed by atoms with Crippen molar-refractivity contribution in [1.29, 1.82) is 0 Å². The van der Waals surface area contributed by atoms with E-state index in [4.69, 9.17) is 14.2 Å². The zero-order valence-electron chi connectivity index (χ0n) is 13.3. The fraction of sp³-hybridized carbons (Fsp3) is 0.250. The number of nitrogens with zero attached hydrogens (tertiary/aromatic N) is 2. The lowest BCUT2D eigenvalue weighted by Gasteiger charge is -2.12. The number of azo groups is 1. The first-order valence-corrected chi connectivity index (χ1v) is 6.71. The maximum absolute atomic E-state index is 13.6. The minimum Gasteiger partial charge on any atom is -0.505 e. The maximum Gasteiger partial charge on any atom is 0.203 e. The summed E-state index contributed by atoms with van der Waals surface area (Å²) < 4.78 is 29.3. The lowest BCUT2D eigenvalue weighted by molar-refractivity contribution is 0.324. The number of hydrogen-bond donors (Lipinski definition) is 1. The molecule has 2 aromatic rings. The van der Waals surface area contributed by atoms with E-state index >= 15 is 0 Å². The third-order valence-corrected chi connectivity index (χ3v) is 3.26. The highest BCUT2D eigenvalue weighted by molar-refractivity contribution is 5.60. The van der Waals surface area contributed by atoms with E-state index in [2.05, 4.69) is 10.2 Å². The molecule has 122 valence electrons. The zero-order valence-corrected chi connectivity index (χ0v) is 13.3. The van der Waals surface area contributed by atoms with Crippen molar-refractivity contribution < 1.29 is 23.7 Å². The van der Waals surface area contributed by atoms with Gasteiger partial charge in [-0.2, -0.15) is 10.2 Å². The van der Waals surface area contributed by atoms with E-state index in [0.717, 1.165) is 0 Å². The summed E-state index contributed by atoms with van der Waals surface area (Å²) in [5.41, 5.74) is 0.975. The Balaban J connectivity index is 2.42. The molecule has 0 aliphatic heterocycles. The molecule has 0 amide bonds. The molecule has 0 saturated carbocycles. The van der Waals surface area contributed by atoms with Gasteiger partial charge in [-0.05, 0) is 19.1 Å². The molecule has 0 aliphatic carbocycles. The topological polar surface area (TPSA) is 72.6 Å². The Labute approximate surface area is 133 Å². The zero-order chi connectivity index (χ0) is 17.0. The van der Waals surface area contributed by atoms with Crippen LogP contribution in [0.1, 0.15) is 5.56 Å².